The van der Waals surface area contributed by atoms with E-state index in [4.69, 9.17) is 0 Å². The number of rotatable bonds is 24. The second-order valence-corrected chi connectivity index (χ2v) is 18.4. The molecule has 1 aliphatic rings. The van der Waals surface area contributed by atoms with Gasteiger partial charge in [0.15, 0.2) is 0 Å². The molecular weight excluding hydrogens is 765 g/mol. The van der Waals surface area contributed by atoms with E-state index in [1.54, 1.807) is 0 Å². The van der Waals surface area contributed by atoms with Gasteiger partial charge in [0.25, 0.3) is 0 Å². The Morgan fingerprint density at radius 1 is 0.387 bits per heavy atom. The van der Waals surface area contributed by atoms with E-state index in [0.29, 0.717) is 11.1 Å². The van der Waals surface area contributed by atoms with E-state index in [-0.39, 0.29) is 11.5 Å². The molecular formula is C56H74N2O4. The van der Waals surface area contributed by atoms with Gasteiger partial charge in [-0.2, -0.15) is 0 Å². The Balaban J connectivity index is 1.31. The van der Waals surface area contributed by atoms with E-state index < -0.39 is 24.0 Å². The Kier molecular flexibility index (Phi) is 15.9. The number of aliphatic hydroxyl groups excluding tert-OH is 2. The molecule has 0 atom stereocenters. The molecule has 7 rings (SSSR count). The molecule has 6 heteroatoms. The molecule has 0 spiro atoms. The Labute approximate surface area is 371 Å². The fourth-order valence-corrected chi connectivity index (χ4v) is 10.4. The Hall–Kier alpha value is -4.52. The van der Waals surface area contributed by atoms with Crippen molar-refractivity contribution in [1.82, 2.24) is 0 Å². The lowest BCUT2D eigenvalue weighted by Crippen LogP contribution is -2.51. The number of aliphatic hydroxyl groups is 2. The fraction of sp³-hybridized carbons (Fsp3) is 0.500. The summed E-state index contributed by atoms with van der Waals surface area (Å²) >= 11 is 0. The van der Waals surface area contributed by atoms with Crippen LogP contribution in [-0.4, -0.2) is 58.8 Å². The summed E-state index contributed by atoms with van der Waals surface area (Å²) in [6.45, 7) is 12.6. The van der Waals surface area contributed by atoms with Crippen LogP contribution in [0.2, 0.25) is 0 Å². The molecule has 0 radical (unpaired) electrons. The fourth-order valence-electron chi connectivity index (χ4n) is 10.4. The highest BCUT2D eigenvalue weighted by atomic mass is 16.3. The number of phenolic OH excluding ortho intramolecular Hbond substituents is 2. The van der Waals surface area contributed by atoms with Crippen LogP contribution in [0.1, 0.15) is 153 Å². The molecule has 62 heavy (non-hydrogen) atoms. The maximum Gasteiger partial charge on any atom is 0.121 e. The first-order chi connectivity index (χ1) is 30.3. The molecule has 1 saturated carbocycles. The molecule has 1 aliphatic carbocycles. The van der Waals surface area contributed by atoms with E-state index in [9.17, 15) is 20.4 Å². The average Bonchev–Trinajstić information content (AvgIpc) is 3.28. The lowest BCUT2D eigenvalue weighted by molar-refractivity contribution is -0.0787. The lowest BCUT2D eigenvalue weighted by atomic mass is 9.61. The van der Waals surface area contributed by atoms with Gasteiger partial charge in [-0.3, -0.25) is 0 Å². The van der Waals surface area contributed by atoms with Crippen molar-refractivity contribution in [2.45, 2.75) is 154 Å². The van der Waals surface area contributed by atoms with Gasteiger partial charge in [0.2, 0.25) is 0 Å². The number of benzene rings is 6. The van der Waals surface area contributed by atoms with Gasteiger partial charge in [-0.25, -0.2) is 0 Å². The smallest absolute Gasteiger partial charge is 0.121 e. The van der Waals surface area contributed by atoms with Crippen LogP contribution in [0.4, 0.5) is 11.4 Å². The second kappa shape index (κ2) is 21.7. The van der Waals surface area contributed by atoms with E-state index in [0.717, 1.165) is 106 Å². The van der Waals surface area contributed by atoms with E-state index in [1.807, 2.05) is 24.3 Å². The average molecular weight is 839 g/mol. The number of phenols is 2. The van der Waals surface area contributed by atoms with Crippen molar-refractivity contribution >= 4 is 54.5 Å². The van der Waals surface area contributed by atoms with Gasteiger partial charge in [0.05, 0.1) is 12.2 Å². The Bertz CT molecular complexity index is 2190. The molecule has 0 bridgehead atoms. The van der Waals surface area contributed by atoms with Gasteiger partial charge in [0, 0.05) is 83.4 Å². The summed E-state index contributed by atoms with van der Waals surface area (Å²) in [4.78, 5) is 4.94. The zero-order valence-electron chi connectivity index (χ0n) is 38.2. The van der Waals surface area contributed by atoms with E-state index in [2.05, 4.69) is 98.2 Å². The molecule has 332 valence electrons. The van der Waals surface area contributed by atoms with Crippen LogP contribution in [0.25, 0.3) is 43.1 Å². The topological polar surface area (TPSA) is 87.4 Å². The standard InChI is InChI=1S/C56H74N2O4/c1-5-9-13-21-29-57(30-22-14-10-6-2)47-37-49(59)51(45-35-41-27-19-17-25-39(41)33-43(45)47)53-55(61)54(56(53)62)52-46-36-42-28-20-18-26-40(42)34-44(46)48(38-50(52)60)58(31-23-15-11-7-3)32-24-16-12-8-4/h17-20,25-28,33-38,53-56,59-62H,5-16,21-24,29-32H2,1-4H3. The predicted octanol–water partition coefficient (Wildman–Crippen LogP) is 14.2. The van der Waals surface area contributed by atoms with Crippen molar-refractivity contribution in [2.75, 3.05) is 36.0 Å². The van der Waals surface area contributed by atoms with E-state index >= 15 is 0 Å². The Morgan fingerprint density at radius 2 is 0.677 bits per heavy atom. The maximum atomic E-state index is 12.5. The molecule has 4 N–H and O–H groups in total. The predicted molar refractivity (Wildman–Crippen MR) is 265 cm³/mol. The van der Waals surface area contributed by atoms with Crippen LogP contribution in [0, 0.1) is 0 Å². The summed E-state index contributed by atoms with van der Waals surface area (Å²) < 4.78 is 0. The van der Waals surface area contributed by atoms with Gasteiger partial charge in [-0.15, -0.1) is 0 Å². The van der Waals surface area contributed by atoms with Crippen molar-refractivity contribution in [2.24, 2.45) is 0 Å². The SMILES string of the molecule is CCCCCCN(CCCCCC)c1cc(O)c(C2C(O)C(c3c(O)cc(N(CCCCCC)CCCCCC)c4cc5ccccc5cc34)C2O)c2cc3ccccc3cc12. The molecule has 0 heterocycles. The first kappa shape index (κ1) is 45.5. The minimum absolute atomic E-state index is 0.105. The van der Waals surface area contributed by atoms with Crippen LogP contribution < -0.4 is 9.80 Å². The quantitative estimate of drug-likeness (QED) is 0.0359. The molecule has 0 saturated heterocycles. The van der Waals surface area contributed by atoms with Crippen molar-refractivity contribution in [3.05, 3.63) is 96.1 Å². The summed E-state index contributed by atoms with van der Waals surface area (Å²) in [5, 5.41) is 57.5. The summed E-state index contributed by atoms with van der Waals surface area (Å²) in [5.41, 5.74) is 3.19. The van der Waals surface area contributed by atoms with Gasteiger partial charge in [0.1, 0.15) is 11.5 Å². The van der Waals surface area contributed by atoms with Crippen molar-refractivity contribution < 1.29 is 20.4 Å². The second-order valence-electron chi connectivity index (χ2n) is 18.4. The number of nitrogens with zero attached hydrogens (tertiary/aromatic N) is 2. The van der Waals surface area contributed by atoms with E-state index in [1.165, 1.54) is 77.0 Å². The van der Waals surface area contributed by atoms with Gasteiger partial charge in [-0.05, 0) is 82.3 Å². The summed E-state index contributed by atoms with van der Waals surface area (Å²) in [5.74, 6) is -1.28. The highest BCUT2D eigenvalue weighted by molar-refractivity contribution is 6.08. The third-order valence-corrected chi connectivity index (χ3v) is 13.9. The number of aromatic hydroxyl groups is 2. The number of fused-ring (bicyclic) bond motifs is 4. The minimum atomic E-state index is -1.04. The first-order valence-electron chi connectivity index (χ1n) is 24.5. The number of hydrogen-bond donors (Lipinski definition) is 4. The van der Waals surface area contributed by atoms with Gasteiger partial charge < -0.3 is 30.2 Å². The Morgan fingerprint density at radius 3 is 0.968 bits per heavy atom. The van der Waals surface area contributed by atoms with Crippen LogP contribution in [0.15, 0.2) is 84.9 Å². The molecule has 6 aromatic rings. The number of anilines is 2. The molecule has 1 fully saturated rings. The van der Waals surface area contributed by atoms with Crippen molar-refractivity contribution in [3.8, 4) is 11.5 Å². The molecule has 0 aromatic heterocycles. The maximum absolute atomic E-state index is 12.5. The third kappa shape index (κ3) is 9.82. The van der Waals surface area contributed by atoms with Gasteiger partial charge in [-0.1, -0.05) is 153 Å². The lowest BCUT2D eigenvalue weighted by Gasteiger charge is -2.48. The number of hydrogen-bond acceptors (Lipinski definition) is 6. The monoisotopic (exact) mass is 839 g/mol. The third-order valence-electron chi connectivity index (χ3n) is 13.9. The van der Waals surface area contributed by atoms with Crippen molar-refractivity contribution in [1.29, 1.82) is 0 Å². The zero-order chi connectivity index (χ0) is 43.6. The van der Waals surface area contributed by atoms with Crippen LogP contribution in [-0.2, 0) is 0 Å². The molecule has 6 nitrogen and oxygen atoms in total. The minimum Gasteiger partial charge on any atom is -0.508 e. The normalized spacial score (nSPS) is 17.6. The molecule has 6 aromatic carbocycles. The highest BCUT2D eigenvalue weighted by Crippen LogP contribution is 2.57. The van der Waals surface area contributed by atoms with Crippen LogP contribution >= 0.6 is 0 Å². The molecule has 0 aliphatic heterocycles. The summed E-state index contributed by atoms with van der Waals surface area (Å²) in [7, 11) is 0. The summed E-state index contributed by atoms with van der Waals surface area (Å²) in [6.07, 6.45) is 16.5. The highest BCUT2D eigenvalue weighted by Gasteiger charge is 2.53. The first-order valence-corrected chi connectivity index (χ1v) is 24.5. The van der Waals surface area contributed by atoms with Crippen LogP contribution in [0.5, 0.6) is 11.5 Å². The van der Waals surface area contributed by atoms with Crippen molar-refractivity contribution in [3.63, 3.8) is 0 Å². The zero-order valence-corrected chi connectivity index (χ0v) is 38.2. The van der Waals surface area contributed by atoms with Gasteiger partial charge >= 0.3 is 0 Å². The largest absolute Gasteiger partial charge is 0.508 e. The van der Waals surface area contributed by atoms with Crippen LogP contribution in [0.3, 0.4) is 0 Å². The summed E-state index contributed by atoms with van der Waals surface area (Å²) in [6, 6.07) is 29.2. The molecule has 0 unspecified atom stereocenters. The molecule has 0 amide bonds. The number of unbranched alkanes of at least 4 members (excludes halogenated alkanes) is 12.